The van der Waals surface area contributed by atoms with Crippen molar-refractivity contribution in [2.75, 3.05) is 45.0 Å². The molecule has 33 heavy (non-hydrogen) atoms. The molecule has 0 bridgehead atoms. The van der Waals surface area contributed by atoms with E-state index in [1.165, 1.54) is 4.31 Å². The Morgan fingerprint density at radius 1 is 0.939 bits per heavy atom. The molecule has 1 aliphatic carbocycles. The van der Waals surface area contributed by atoms with Crippen LogP contribution in [0.25, 0.3) is 0 Å². The highest BCUT2D eigenvalue weighted by molar-refractivity contribution is 7.89. The van der Waals surface area contributed by atoms with Crippen LogP contribution in [0, 0.1) is 17.8 Å². The van der Waals surface area contributed by atoms with Gasteiger partial charge in [0.05, 0.1) is 5.75 Å². The number of piperazine rings is 1. The van der Waals surface area contributed by atoms with Crippen molar-refractivity contribution >= 4 is 22.2 Å². The lowest BCUT2D eigenvalue weighted by atomic mass is 10.2. The van der Waals surface area contributed by atoms with Crippen molar-refractivity contribution in [2.24, 2.45) is 17.8 Å². The van der Waals surface area contributed by atoms with E-state index in [0.29, 0.717) is 26.2 Å². The lowest BCUT2D eigenvalue weighted by Crippen LogP contribution is -2.52. The Balaban J connectivity index is 1.20. The number of likely N-dealkylation sites (tertiary alicyclic amines) is 1. The Bertz CT molecular complexity index is 958. The predicted octanol–water partition coefficient (Wildman–Crippen LogP) is 2.38. The van der Waals surface area contributed by atoms with Gasteiger partial charge in [0.15, 0.2) is 0 Å². The number of hydrogen-bond acceptors (Lipinski definition) is 6. The molecule has 2 aliphatic heterocycles. The van der Waals surface area contributed by atoms with Gasteiger partial charge in [0.1, 0.15) is 12.2 Å². The van der Waals surface area contributed by atoms with Gasteiger partial charge in [-0.1, -0.05) is 30.3 Å². The van der Waals surface area contributed by atoms with Gasteiger partial charge in [0.2, 0.25) is 10.0 Å². The first kappa shape index (κ1) is 23.8. The molecule has 1 aromatic carbocycles. The van der Waals surface area contributed by atoms with Crippen molar-refractivity contribution in [3.05, 3.63) is 35.9 Å². The van der Waals surface area contributed by atoms with E-state index >= 15 is 0 Å². The molecule has 0 aromatic heterocycles. The predicted molar refractivity (Wildman–Crippen MR) is 122 cm³/mol. The highest BCUT2D eigenvalue weighted by Gasteiger charge is 2.58. The first-order chi connectivity index (χ1) is 15.5. The Labute approximate surface area is 195 Å². The topological polar surface area (TPSA) is 96.5 Å². The Morgan fingerprint density at radius 3 is 2.12 bits per heavy atom. The molecule has 3 aliphatic rings. The zero-order valence-electron chi connectivity index (χ0n) is 19.5. The van der Waals surface area contributed by atoms with Gasteiger partial charge >= 0.3 is 12.2 Å². The molecule has 10 heteroatoms. The summed E-state index contributed by atoms with van der Waals surface area (Å²) in [6.07, 6.45) is -0.749. The molecule has 1 saturated carbocycles. The molecule has 4 rings (SSSR count). The molecule has 3 fully saturated rings. The molecule has 2 heterocycles. The monoisotopic (exact) mass is 479 g/mol. The molecule has 2 saturated heterocycles. The summed E-state index contributed by atoms with van der Waals surface area (Å²) in [4.78, 5) is 27.8. The number of benzene rings is 1. The van der Waals surface area contributed by atoms with Crippen LogP contribution < -0.4 is 0 Å². The number of fused-ring (bicyclic) bond motifs is 1. The number of nitrogens with zero attached hydrogens (tertiary/aromatic N) is 3. The summed E-state index contributed by atoms with van der Waals surface area (Å²) in [5.41, 5.74) is 0.359. The van der Waals surface area contributed by atoms with E-state index in [9.17, 15) is 18.0 Å². The number of rotatable bonds is 5. The van der Waals surface area contributed by atoms with E-state index in [0.717, 1.165) is 5.56 Å². The third-order valence-electron chi connectivity index (χ3n) is 6.52. The lowest BCUT2D eigenvalue weighted by molar-refractivity contribution is 0.0192. The van der Waals surface area contributed by atoms with Crippen molar-refractivity contribution < 1.29 is 27.5 Å². The largest absolute Gasteiger partial charge is 0.445 e. The minimum absolute atomic E-state index is 0.0806. The standard InChI is InChI=1S/C23H33N3O6S/c1-23(2,3)32-22(28)24-9-11-26(12-10-24)33(29,30)16-20-18-13-25(14-19(18)20)21(27)31-15-17-7-5-4-6-8-17/h4-8,18-20H,9-16H2,1-3H3/t18-,19+,20?. The van der Waals surface area contributed by atoms with E-state index < -0.39 is 21.7 Å². The molecule has 3 atom stereocenters. The van der Waals surface area contributed by atoms with Crippen molar-refractivity contribution in [1.82, 2.24) is 14.1 Å². The van der Waals surface area contributed by atoms with Crippen LogP contribution in [-0.4, -0.2) is 85.3 Å². The maximum atomic E-state index is 12.9. The van der Waals surface area contributed by atoms with E-state index in [4.69, 9.17) is 9.47 Å². The van der Waals surface area contributed by atoms with Crippen LogP contribution in [0.1, 0.15) is 26.3 Å². The number of hydrogen-bond donors (Lipinski definition) is 0. The molecule has 1 unspecified atom stereocenters. The molecular weight excluding hydrogens is 446 g/mol. The first-order valence-corrected chi connectivity index (χ1v) is 13.1. The fourth-order valence-corrected chi connectivity index (χ4v) is 6.59. The van der Waals surface area contributed by atoms with Crippen LogP contribution in [0.5, 0.6) is 0 Å². The van der Waals surface area contributed by atoms with Gasteiger partial charge in [-0.3, -0.25) is 0 Å². The molecule has 0 spiro atoms. The van der Waals surface area contributed by atoms with Crippen molar-refractivity contribution in [3.8, 4) is 0 Å². The number of sulfonamides is 1. The second-order valence-corrected chi connectivity index (χ2v) is 12.1. The van der Waals surface area contributed by atoms with Crippen LogP contribution in [0.4, 0.5) is 9.59 Å². The van der Waals surface area contributed by atoms with Crippen molar-refractivity contribution in [1.29, 1.82) is 0 Å². The molecular formula is C23H33N3O6S. The van der Waals surface area contributed by atoms with Gasteiger partial charge in [-0.2, -0.15) is 4.31 Å². The SMILES string of the molecule is CC(C)(C)OC(=O)N1CCN(S(=O)(=O)CC2[C@H]3CN(C(=O)OCc4ccccc4)C[C@@H]23)CC1. The lowest BCUT2D eigenvalue weighted by Gasteiger charge is -2.35. The fraction of sp³-hybridized carbons (Fsp3) is 0.652. The molecule has 0 N–H and O–H groups in total. The third-order valence-corrected chi connectivity index (χ3v) is 8.48. The second kappa shape index (κ2) is 9.13. The van der Waals surface area contributed by atoms with Gasteiger partial charge in [0, 0.05) is 39.3 Å². The molecule has 1 aromatic rings. The summed E-state index contributed by atoms with van der Waals surface area (Å²) >= 11 is 0. The van der Waals surface area contributed by atoms with Crippen LogP contribution >= 0.6 is 0 Å². The summed E-state index contributed by atoms with van der Waals surface area (Å²) in [6.45, 7) is 7.96. The van der Waals surface area contributed by atoms with Gasteiger partial charge < -0.3 is 19.3 Å². The number of amides is 2. The van der Waals surface area contributed by atoms with E-state index in [-0.39, 0.29) is 49.3 Å². The third kappa shape index (κ3) is 5.78. The quantitative estimate of drug-likeness (QED) is 0.643. The van der Waals surface area contributed by atoms with Crippen LogP contribution in [0.15, 0.2) is 30.3 Å². The minimum atomic E-state index is -3.41. The smallest absolute Gasteiger partial charge is 0.410 e. The second-order valence-electron chi connectivity index (χ2n) is 10.1. The average Bonchev–Trinajstić information content (AvgIpc) is 3.18. The number of carbonyl (C=O) groups is 2. The molecule has 0 radical (unpaired) electrons. The number of carbonyl (C=O) groups excluding carboxylic acids is 2. The summed E-state index contributed by atoms with van der Waals surface area (Å²) in [5.74, 6) is 0.609. The van der Waals surface area contributed by atoms with Gasteiger partial charge in [-0.25, -0.2) is 18.0 Å². The van der Waals surface area contributed by atoms with Gasteiger partial charge in [-0.15, -0.1) is 0 Å². The highest BCUT2D eigenvalue weighted by atomic mass is 32.2. The number of ether oxygens (including phenoxy) is 2. The Hall–Kier alpha value is -2.33. The molecule has 9 nitrogen and oxygen atoms in total. The zero-order chi connectivity index (χ0) is 23.8. The minimum Gasteiger partial charge on any atom is -0.445 e. The van der Waals surface area contributed by atoms with Gasteiger partial charge in [0.25, 0.3) is 0 Å². The van der Waals surface area contributed by atoms with Crippen LogP contribution in [0.2, 0.25) is 0 Å². The summed E-state index contributed by atoms with van der Waals surface area (Å²) < 4.78 is 38.1. The van der Waals surface area contributed by atoms with E-state index in [2.05, 4.69) is 0 Å². The molecule has 2 amide bonds. The normalized spacial score (nSPS) is 25.5. The summed E-state index contributed by atoms with van der Waals surface area (Å²) in [5, 5.41) is 0. The first-order valence-electron chi connectivity index (χ1n) is 11.4. The van der Waals surface area contributed by atoms with Crippen LogP contribution in [0.3, 0.4) is 0 Å². The Kier molecular flexibility index (Phi) is 6.59. The van der Waals surface area contributed by atoms with Crippen LogP contribution in [-0.2, 0) is 26.1 Å². The van der Waals surface area contributed by atoms with E-state index in [1.54, 1.807) is 9.80 Å². The summed E-state index contributed by atoms with van der Waals surface area (Å²) in [6, 6.07) is 9.52. The maximum Gasteiger partial charge on any atom is 0.410 e. The molecule has 182 valence electrons. The fourth-order valence-electron chi connectivity index (χ4n) is 4.68. The van der Waals surface area contributed by atoms with Crippen molar-refractivity contribution in [2.45, 2.75) is 33.0 Å². The highest BCUT2D eigenvalue weighted by Crippen LogP contribution is 2.52. The average molecular weight is 480 g/mol. The van der Waals surface area contributed by atoms with E-state index in [1.807, 2.05) is 51.1 Å². The van der Waals surface area contributed by atoms with Crippen molar-refractivity contribution in [3.63, 3.8) is 0 Å². The maximum absolute atomic E-state index is 12.9. The number of piperidine rings is 1. The summed E-state index contributed by atoms with van der Waals surface area (Å²) in [7, 11) is -3.41. The van der Waals surface area contributed by atoms with Gasteiger partial charge in [-0.05, 0) is 44.1 Å². The Morgan fingerprint density at radius 2 is 1.55 bits per heavy atom. The zero-order valence-corrected chi connectivity index (χ0v) is 20.3.